The largest absolute Gasteiger partial charge is 0.496 e. The van der Waals surface area contributed by atoms with Gasteiger partial charge in [0, 0.05) is 23.2 Å². The van der Waals surface area contributed by atoms with Crippen molar-refractivity contribution >= 4 is 22.5 Å². The Hall–Kier alpha value is -4.10. The predicted octanol–water partition coefficient (Wildman–Crippen LogP) is 7.79. The van der Waals surface area contributed by atoms with Crippen LogP contribution in [0.2, 0.25) is 0 Å². The van der Waals surface area contributed by atoms with Crippen LogP contribution in [0.5, 0.6) is 17.2 Å². The molecule has 0 amide bonds. The summed E-state index contributed by atoms with van der Waals surface area (Å²) >= 11 is 0. The number of rotatable bonds is 6. The van der Waals surface area contributed by atoms with Crippen LogP contribution in [-0.4, -0.2) is 28.8 Å². The number of ether oxygens (including phenoxy) is 2. The number of Topliss-reactive ketones (excluding diaryl/α,β-unsaturated/α-hetero) is 2. The highest BCUT2D eigenvalue weighted by molar-refractivity contribution is 6.07. The van der Waals surface area contributed by atoms with Crippen molar-refractivity contribution in [3.8, 4) is 17.2 Å². The van der Waals surface area contributed by atoms with Gasteiger partial charge in [-0.15, -0.1) is 0 Å². The average Bonchev–Trinajstić information content (AvgIpc) is 3.78. The van der Waals surface area contributed by atoms with Crippen LogP contribution in [0.3, 0.4) is 0 Å². The summed E-state index contributed by atoms with van der Waals surface area (Å²) in [4.78, 5) is 25.9. The number of methoxy groups -OCH3 is 1. The Kier molecular flexibility index (Phi) is 9.42. The predicted molar refractivity (Wildman–Crippen MR) is 161 cm³/mol. The minimum atomic E-state index is -0.809. The first-order valence-corrected chi connectivity index (χ1v) is 14.2. The van der Waals surface area contributed by atoms with E-state index in [-0.39, 0.29) is 17.4 Å². The highest BCUT2D eigenvalue weighted by Gasteiger charge is 2.51. The first kappa shape index (κ1) is 30.8. The SMILES string of the molecule is CC(=O)C1(C(C)=O)CC1.COc1cc2nccc(Oc3ccc(C)cc3)c2cc1C1(O)CCC1.Cc1ccc(F)cc1. The number of benzene rings is 3. The molecule has 2 fully saturated rings. The number of aromatic nitrogens is 1. The van der Waals surface area contributed by atoms with Crippen molar-refractivity contribution in [1.82, 2.24) is 4.98 Å². The van der Waals surface area contributed by atoms with Crippen LogP contribution in [0.4, 0.5) is 4.39 Å². The Labute approximate surface area is 246 Å². The third-order valence-corrected chi connectivity index (χ3v) is 8.06. The minimum Gasteiger partial charge on any atom is -0.496 e. The molecule has 0 atom stereocenters. The highest BCUT2D eigenvalue weighted by Crippen LogP contribution is 2.47. The average molecular weight is 572 g/mol. The topological polar surface area (TPSA) is 85.7 Å². The van der Waals surface area contributed by atoms with Gasteiger partial charge in [0.2, 0.25) is 0 Å². The molecule has 1 aromatic heterocycles. The van der Waals surface area contributed by atoms with Gasteiger partial charge in [-0.3, -0.25) is 14.6 Å². The maximum Gasteiger partial charge on any atom is 0.143 e. The third-order valence-electron chi connectivity index (χ3n) is 8.06. The molecule has 6 rings (SSSR count). The minimum absolute atomic E-state index is 0.0370. The summed E-state index contributed by atoms with van der Waals surface area (Å²) in [6.07, 6.45) is 5.81. The van der Waals surface area contributed by atoms with E-state index in [2.05, 4.69) is 4.98 Å². The van der Waals surface area contributed by atoms with Crippen molar-refractivity contribution in [2.75, 3.05) is 7.11 Å². The molecular weight excluding hydrogens is 533 g/mol. The number of nitrogens with zero attached hydrogens (tertiary/aromatic N) is 1. The molecule has 0 spiro atoms. The molecule has 6 nitrogen and oxygen atoms in total. The number of aryl methyl sites for hydroxylation is 2. The van der Waals surface area contributed by atoms with Crippen LogP contribution in [0.15, 0.2) is 72.9 Å². The standard InChI is InChI=1S/C21H21NO3.C7H7F.C7H10O2/c1-14-4-6-15(7-5-14)25-19-8-11-22-18-13-20(24-2)17(12-16(18)19)21(23)9-3-10-21;1-6-2-4-7(8)5-3-6;1-5(8)7(3-4-7)6(2)9/h4-8,11-13,23H,3,9-10H2,1-2H3;2-5H,1H3;3-4H2,1-2H3. The first-order chi connectivity index (χ1) is 20.0. The molecule has 0 bridgehead atoms. The Balaban J connectivity index is 0.000000194. The van der Waals surface area contributed by atoms with Gasteiger partial charge in [0.15, 0.2) is 0 Å². The van der Waals surface area contributed by atoms with Crippen LogP contribution >= 0.6 is 0 Å². The fourth-order valence-electron chi connectivity index (χ4n) is 4.89. The van der Waals surface area contributed by atoms with Gasteiger partial charge in [-0.1, -0.05) is 35.4 Å². The van der Waals surface area contributed by atoms with Crippen LogP contribution in [0, 0.1) is 25.1 Å². The van der Waals surface area contributed by atoms with Gasteiger partial charge in [0.25, 0.3) is 0 Å². The molecule has 2 aliphatic carbocycles. The van der Waals surface area contributed by atoms with Crippen LogP contribution in [0.1, 0.15) is 62.6 Å². The van der Waals surface area contributed by atoms with E-state index in [0.29, 0.717) is 5.75 Å². The maximum atomic E-state index is 12.1. The summed E-state index contributed by atoms with van der Waals surface area (Å²) in [6.45, 7) is 6.96. The van der Waals surface area contributed by atoms with Gasteiger partial charge in [0.05, 0.1) is 23.6 Å². The number of pyridine rings is 1. The summed E-state index contributed by atoms with van der Waals surface area (Å²) in [5.74, 6) is 2.08. The van der Waals surface area contributed by atoms with Gasteiger partial charge in [-0.2, -0.15) is 0 Å². The molecule has 4 aromatic rings. The van der Waals surface area contributed by atoms with Crippen molar-refractivity contribution in [2.45, 2.75) is 65.4 Å². The van der Waals surface area contributed by atoms with E-state index < -0.39 is 11.0 Å². The molecule has 0 unspecified atom stereocenters. The van der Waals surface area contributed by atoms with E-state index in [0.717, 1.165) is 65.6 Å². The van der Waals surface area contributed by atoms with Gasteiger partial charge in [-0.05, 0) is 96.2 Å². The van der Waals surface area contributed by atoms with Crippen molar-refractivity contribution in [2.24, 2.45) is 5.41 Å². The third kappa shape index (κ3) is 7.02. The second-order valence-corrected chi connectivity index (χ2v) is 11.2. The van der Waals surface area contributed by atoms with Gasteiger partial charge >= 0.3 is 0 Å². The Morgan fingerprint density at radius 3 is 1.83 bits per heavy atom. The highest BCUT2D eigenvalue weighted by atomic mass is 19.1. The smallest absolute Gasteiger partial charge is 0.143 e. The zero-order valence-electron chi connectivity index (χ0n) is 24.9. The molecule has 1 N–H and O–H groups in total. The zero-order chi connectivity index (χ0) is 30.5. The molecule has 220 valence electrons. The van der Waals surface area contributed by atoms with E-state index >= 15 is 0 Å². The molecule has 0 saturated heterocycles. The quantitative estimate of drug-likeness (QED) is 0.238. The van der Waals surface area contributed by atoms with Gasteiger partial charge in [0.1, 0.15) is 34.6 Å². The van der Waals surface area contributed by atoms with Crippen molar-refractivity contribution in [3.63, 3.8) is 0 Å². The van der Waals surface area contributed by atoms with E-state index in [1.54, 1.807) is 25.4 Å². The lowest BCUT2D eigenvalue weighted by molar-refractivity contribution is -0.132. The van der Waals surface area contributed by atoms with Crippen molar-refractivity contribution in [1.29, 1.82) is 0 Å². The summed E-state index contributed by atoms with van der Waals surface area (Å²) in [7, 11) is 1.62. The zero-order valence-corrected chi connectivity index (χ0v) is 24.9. The normalized spacial score (nSPS) is 15.6. The van der Waals surface area contributed by atoms with Crippen LogP contribution in [-0.2, 0) is 15.2 Å². The number of carbonyl (C=O) groups excluding carboxylic acids is 2. The molecule has 2 saturated carbocycles. The van der Waals surface area contributed by atoms with Gasteiger partial charge in [-0.25, -0.2) is 4.39 Å². The molecule has 7 heteroatoms. The van der Waals surface area contributed by atoms with Crippen molar-refractivity contribution in [3.05, 3.63) is 95.4 Å². The lowest BCUT2D eigenvalue weighted by atomic mass is 9.74. The number of carbonyl (C=O) groups is 2. The van der Waals surface area contributed by atoms with Crippen LogP contribution in [0.25, 0.3) is 10.9 Å². The second-order valence-electron chi connectivity index (χ2n) is 11.2. The summed E-state index contributed by atoms with van der Waals surface area (Å²) in [5, 5.41) is 11.7. The van der Waals surface area contributed by atoms with E-state index in [9.17, 15) is 19.1 Å². The number of halogens is 1. The molecular formula is C35H38FNO5. The molecule has 0 aliphatic heterocycles. The van der Waals surface area contributed by atoms with E-state index in [1.165, 1.54) is 31.5 Å². The fraction of sp³-hybridized carbons (Fsp3) is 0.343. The summed E-state index contributed by atoms with van der Waals surface area (Å²) < 4.78 is 23.7. The summed E-state index contributed by atoms with van der Waals surface area (Å²) in [5.41, 5.74) is 2.54. The van der Waals surface area contributed by atoms with E-state index in [4.69, 9.17) is 9.47 Å². The van der Waals surface area contributed by atoms with Crippen molar-refractivity contribution < 1.29 is 28.6 Å². The van der Waals surface area contributed by atoms with E-state index in [1.807, 2.05) is 56.3 Å². The molecule has 42 heavy (non-hydrogen) atoms. The number of fused-ring (bicyclic) bond motifs is 1. The number of ketones is 2. The number of hydrogen-bond acceptors (Lipinski definition) is 6. The van der Waals surface area contributed by atoms with Crippen LogP contribution < -0.4 is 9.47 Å². The number of aliphatic hydroxyl groups is 1. The lowest BCUT2D eigenvalue weighted by Crippen LogP contribution is -2.34. The molecule has 3 aromatic carbocycles. The lowest BCUT2D eigenvalue weighted by Gasteiger charge is -2.38. The monoisotopic (exact) mass is 571 g/mol. The Morgan fingerprint density at radius 2 is 1.40 bits per heavy atom. The maximum absolute atomic E-state index is 12.1. The summed E-state index contributed by atoms with van der Waals surface area (Å²) in [6, 6.07) is 20.0. The second kappa shape index (κ2) is 12.8. The Bertz CT molecular complexity index is 1520. The number of hydrogen-bond donors (Lipinski definition) is 1. The molecule has 0 radical (unpaired) electrons. The first-order valence-electron chi connectivity index (χ1n) is 14.2. The fourth-order valence-corrected chi connectivity index (χ4v) is 4.89. The molecule has 2 aliphatic rings. The Morgan fingerprint density at radius 1 is 0.833 bits per heavy atom. The van der Waals surface area contributed by atoms with Gasteiger partial charge < -0.3 is 14.6 Å². The molecule has 1 heterocycles.